The van der Waals surface area contributed by atoms with Crippen LogP contribution in [0.5, 0.6) is 0 Å². The predicted molar refractivity (Wildman–Crippen MR) is 215 cm³/mol. The normalized spacial score (nSPS) is 21.4. The Hall–Kier alpha value is -5.86. The highest BCUT2D eigenvalue weighted by Gasteiger charge is 2.37. The number of benzene rings is 5. The molecule has 4 unspecified atom stereocenters. The molecule has 4 aliphatic rings. The van der Waals surface area contributed by atoms with E-state index in [2.05, 4.69) is 192 Å². The first-order valence-electron chi connectivity index (χ1n) is 18.4. The van der Waals surface area contributed by atoms with Crippen LogP contribution in [0.25, 0.3) is 45.4 Å². The van der Waals surface area contributed by atoms with Crippen molar-refractivity contribution < 1.29 is 0 Å². The molecule has 0 spiro atoms. The highest BCUT2D eigenvalue weighted by atomic mass is 15.2. The number of rotatable bonds is 5. The summed E-state index contributed by atoms with van der Waals surface area (Å²) in [5, 5.41) is 3.95. The van der Waals surface area contributed by atoms with Gasteiger partial charge in [-0.15, -0.1) is 0 Å². The molecule has 0 radical (unpaired) electrons. The molecule has 0 saturated heterocycles. The fourth-order valence-corrected chi connectivity index (χ4v) is 8.85. The van der Waals surface area contributed by atoms with Crippen molar-refractivity contribution in [1.29, 1.82) is 0 Å². The smallest absolute Gasteiger partial charge is 0.0629 e. The number of aromatic nitrogens is 1. The van der Waals surface area contributed by atoms with Crippen LogP contribution >= 0.6 is 0 Å². The number of anilines is 2. The monoisotopic (exact) mass is 656 g/mol. The van der Waals surface area contributed by atoms with Crippen molar-refractivity contribution in [1.82, 2.24) is 4.57 Å². The summed E-state index contributed by atoms with van der Waals surface area (Å²) in [6.45, 7) is 2.29. The molecule has 10 rings (SSSR count). The molecule has 1 aromatic heterocycles. The maximum Gasteiger partial charge on any atom is 0.0629 e. The second-order valence-corrected chi connectivity index (χ2v) is 14.5. The first kappa shape index (κ1) is 30.0. The Morgan fingerprint density at radius 2 is 1.39 bits per heavy atom. The maximum atomic E-state index is 2.55. The highest BCUT2D eigenvalue weighted by molar-refractivity contribution is 5.85. The minimum atomic E-state index is 0.277. The summed E-state index contributed by atoms with van der Waals surface area (Å²) in [7, 11) is 0. The van der Waals surface area contributed by atoms with Crippen LogP contribution in [0.4, 0.5) is 11.4 Å². The van der Waals surface area contributed by atoms with Crippen LogP contribution in [0.2, 0.25) is 0 Å². The quantitative estimate of drug-likeness (QED) is 0.179. The molecule has 0 saturated carbocycles. The van der Waals surface area contributed by atoms with Crippen LogP contribution in [-0.2, 0) is 0 Å². The van der Waals surface area contributed by atoms with Gasteiger partial charge in [-0.2, -0.15) is 0 Å². The van der Waals surface area contributed by atoms with Gasteiger partial charge in [0.2, 0.25) is 0 Å². The first-order valence-corrected chi connectivity index (χ1v) is 18.4. The zero-order chi connectivity index (χ0) is 33.9. The number of nitrogens with zero attached hydrogens (tertiary/aromatic N) is 2. The molecule has 1 aliphatic heterocycles. The molecule has 2 heterocycles. The van der Waals surface area contributed by atoms with Gasteiger partial charge in [-0.25, -0.2) is 0 Å². The van der Waals surface area contributed by atoms with Crippen molar-refractivity contribution in [2.75, 3.05) is 4.90 Å². The minimum Gasteiger partial charge on any atom is -0.333 e. The van der Waals surface area contributed by atoms with E-state index in [9.17, 15) is 0 Å². The number of hydrogen-bond donors (Lipinski definition) is 0. The van der Waals surface area contributed by atoms with Gasteiger partial charge in [0.15, 0.2) is 0 Å². The molecule has 6 aromatic rings. The van der Waals surface area contributed by atoms with Crippen molar-refractivity contribution in [3.8, 4) is 16.8 Å². The maximum absolute atomic E-state index is 2.55. The number of fused-ring (bicyclic) bond motifs is 6. The summed E-state index contributed by atoms with van der Waals surface area (Å²) in [5.41, 5.74) is 12.9. The summed E-state index contributed by atoms with van der Waals surface area (Å²) >= 11 is 0. The van der Waals surface area contributed by atoms with E-state index < -0.39 is 0 Å². The van der Waals surface area contributed by atoms with E-state index in [-0.39, 0.29) is 6.04 Å². The lowest BCUT2D eigenvalue weighted by Crippen LogP contribution is -2.31. The molecule has 0 N–H and O–H groups in total. The molecule has 5 aromatic carbocycles. The zero-order valence-corrected chi connectivity index (χ0v) is 28.9. The minimum absolute atomic E-state index is 0.277. The average Bonchev–Trinajstić information content (AvgIpc) is 3.70. The fraction of sp³-hybridized carbons (Fsp3) is 0.143. The van der Waals surface area contributed by atoms with Crippen molar-refractivity contribution in [3.63, 3.8) is 0 Å². The van der Waals surface area contributed by atoms with Crippen molar-refractivity contribution in [2.24, 2.45) is 5.92 Å². The molecule has 4 atom stereocenters. The highest BCUT2D eigenvalue weighted by Crippen LogP contribution is 2.49. The lowest BCUT2D eigenvalue weighted by molar-refractivity contribution is 0.739. The topological polar surface area (TPSA) is 8.17 Å². The molecule has 3 aliphatic carbocycles. The Labute approximate surface area is 300 Å². The van der Waals surface area contributed by atoms with E-state index in [0.717, 1.165) is 12.8 Å². The third-order valence-electron chi connectivity index (χ3n) is 11.4. The molecule has 0 fully saturated rings. The van der Waals surface area contributed by atoms with Gasteiger partial charge >= 0.3 is 0 Å². The Morgan fingerprint density at radius 1 is 0.647 bits per heavy atom. The summed E-state index contributed by atoms with van der Waals surface area (Å²) in [6.07, 6.45) is 23.3. The van der Waals surface area contributed by atoms with Gasteiger partial charge in [0.05, 0.1) is 11.6 Å². The van der Waals surface area contributed by atoms with Crippen LogP contribution in [0.15, 0.2) is 164 Å². The molecular formula is C49H40N2. The molecule has 0 bridgehead atoms. The van der Waals surface area contributed by atoms with Gasteiger partial charge in [-0.3, -0.25) is 0 Å². The van der Waals surface area contributed by atoms with Crippen LogP contribution < -0.4 is 15.5 Å². The molecule has 2 heteroatoms. The van der Waals surface area contributed by atoms with Crippen molar-refractivity contribution >= 4 is 40.0 Å². The number of hydrogen-bond acceptors (Lipinski definition) is 1. The van der Waals surface area contributed by atoms with Gasteiger partial charge in [-0.1, -0.05) is 147 Å². The molecule has 246 valence electrons. The third-order valence-corrected chi connectivity index (χ3v) is 11.4. The van der Waals surface area contributed by atoms with Gasteiger partial charge in [-0.05, 0) is 88.5 Å². The lowest BCUT2D eigenvalue weighted by Gasteiger charge is -2.29. The third kappa shape index (κ3) is 5.09. The second kappa shape index (κ2) is 12.2. The van der Waals surface area contributed by atoms with E-state index in [1.807, 2.05) is 0 Å². The zero-order valence-electron chi connectivity index (χ0n) is 28.9. The van der Waals surface area contributed by atoms with Crippen LogP contribution in [0.1, 0.15) is 48.3 Å². The van der Waals surface area contributed by atoms with Crippen LogP contribution in [0, 0.1) is 5.92 Å². The van der Waals surface area contributed by atoms with Gasteiger partial charge < -0.3 is 9.47 Å². The standard InChI is InChI=1S/C49H40N2/c1-33-10-9-13-37(30-33)36-20-26-41(27-21-36)51-47-17-8-6-15-43(47)45-32-39(23-29-49(45)51)38-22-28-48-44(31-38)42-14-5-7-16-46(42)50(48)40-24-18-35(19-25-40)34-11-3-2-4-12-34/h2-9,11-21,23-33,38,43,47H,10,22H2,1H3. The van der Waals surface area contributed by atoms with Gasteiger partial charge in [0, 0.05) is 44.9 Å². The van der Waals surface area contributed by atoms with E-state index in [1.165, 1.54) is 71.9 Å². The number of allylic oxidation sites excluding steroid dienone is 6. The predicted octanol–water partition coefficient (Wildman–Crippen LogP) is 10.8. The Bertz CT molecular complexity index is 2540. The summed E-state index contributed by atoms with van der Waals surface area (Å²) < 4.78 is 2.45. The molecule has 2 nitrogen and oxygen atoms in total. The van der Waals surface area contributed by atoms with Crippen LogP contribution in [-0.4, -0.2) is 10.6 Å². The Balaban J connectivity index is 1.01. The molecular weight excluding hydrogens is 617 g/mol. The SMILES string of the molecule is CC1C=C(c2ccc(N3c4ccc(C5C=c6c(n(-c7ccc(-c8ccccc8)cc7)c7ccccc67)=CC5)cc4C4C=CC=CC43)cc2)C=CC1. The molecule has 0 amide bonds. The van der Waals surface area contributed by atoms with E-state index in [1.54, 1.807) is 0 Å². The number of para-hydroxylation sites is 1. The van der Waals surface area contributed by atoms with E-state index >= 15 is 0 Å². The summed E-state index contributed by atoms with van der Waals surface area (Å²) in [4.78, 5) is 2.55. The largest absolute Gasteiger partial charge is 0.333 e. The van der Waals surface area contributed by atoms with Gasteiger partial charge in [0.1, 0.15) is 0 Å². The average molecular weight is 657 g/mol. The van der Waals surface area contributed by atoms with Crippen molar-refractivity contribution in [2.45, 2.75) is 37.6 Å². The summed E-state index contributed by atoms with van der Waals surface area (Å²) in [5.74, 6) is 1.24. The van der Waals surface area contributed by atoms with Crippen LogP contribution in [0.3, 0.4) is 0 Å². The Kier molecular flexibility index (Phi) is 7.16. The van der Waals surface area contributed by atoms with Crippen molar-refractivity contribution in [3.05, 3.63) is 191 Å². The first-order chi connectivity index (χ1) is 25.2. The van der Waals surface area contributed by atoms with E-state index in [4.69, 9.17) is 0 Å². The molecule has 51 heavy (non-hydrogen) atoms. The Morgan fingerprint density at radius 3 is 2.24 bits per heavy atom. The lowest BCUT2D eigenvalue weighted by atomic mass is 9.86. The van der Waals surface area contributed by atoms with Gasteiger partial charge in [0.25, 0.3) is 0 Å². The second-order valence-electron chi connectivity index (χ2n) is 14.5. The summed E-state index contributed by atoms with van der Waals surface area (Å²) in [6, 6.07) is 45.3. The fourth-order valence-electron chi connectivity index (χ4n) is 8.85. The van der Waals surface area contributed by atoms with E-state index in [0.29, 0.717) is 17.8 Å².